The molecule has 0 atom stereocenters. The first kappa shape index (κ1) is 32.8. The van der Waals surface area contributed by atoms with Gasteiger partial charge in [0.1, 0.15) is 11.2 Å². The van der Waals surface area contributed by atoms with Gasteiger partial charge in [0.15, 0.2) is 0 Å². The molecule has 0 bridgehead atoms. The minimum Gasteiger partial charge on any atom is -0.455 e. The maximum Gasteiger partial charge on any atom is 0.143 e. The van der Waals surface area contributed by atoms with E-state index >= 15 is 0 Å². The molecule has 264 valence electrons. The average molecular weight is 709 g/mol. The Bertz CT molecular complexity index is 2880. The molecular formula is C52H40N2O. The van der Waals surface area contributed by atoms with Crippen molar-refractivity contribution in [2.45, 2.75) is 26.2 Å². The summed E-state index contributed by atoms with van der Waals surface area (Å²) >= 11 is 0. The predicted molar refractivity (Wildman–Crippen MR) is 231 cm³/mol. The molecule has 0 amide bonds. The third-order valence-electron chi connectivity index (χ3n) is 11.4. The summed E-state index contributed by atoms with van der Waals surface area (Å²) in [6, 6.07) is 65.3. The molecule has 0 fully saturated rings. The molecule has 1 aliphatic rings. The van der Waals surface area contributed by atoms with E-state index in [9.17, 15) is 0 Å². The minimum absolute atomic E-state index is 0.110. The molecule has 3 heteroatoms. The highest BCUT2D eigenvalue weighted by Gasteiger charge is 2.35. The van der Waals surface area contributed by atoms with Gasteiger partial charge in [0.2, 0.25) is 0 Å². The van der Waals surface area contributed by atoms with Gasteiger partial charge in [-0.05, 0) is 107 Å². The number of hydrogen-bond acceptors (Lipinski definition) is 3. The molecule has 3 nitrogen and oxygen atoms in total. The number of hydrogen-bond donors (Lipinski definition) is 1. The Morgan fingerprint density at radius 2 is 1.07 bits per heavy atom. The zero-order chi connectivity index (χ0) is 37.1. The van der Waals surface area contributed by atoms with Gasteiger partial charge in [-0.25, -0.2) is 0 Å². The summed E-state index contributed by atoms with van der Waals surface area (Å²) < 4.78 is 6.42. The summed E-state index contributed by atoms with van der Waals surface area (Å²) in [7, 11) is 0. The van der Waals surface area contributed by atoms with Gasteiger partial charge in [-0.2, -0.15) is 0 Å². The molecule has 55 heavy (non-hydrogen) atoms. The summed E-state index contributed by atoms with van der Waals surface area (Å²) in [4.78, 5) is 2.37. The van der Waals surface area contributed by atoms with Crippen LogP contribution in [0.5, 0.6) is 0 Å². The van der Waals surface area contributed by atoms with Crippen molar-refractivity contribution in [2.24, 2.45) is 0 Å². The Labute approximate surface area is 322 Å². The molecule has 1 aromatic heterocycles. The first-order valence-electron chi connectivity index (χ1n) is 19.0. The van der Waals surface area contributed by atoms with Crippen molar-refractivity contribution in [1.29, 1.82) is 0 Å². The second-order valence-electron chi connectivity index (χ2n) is 15.1. The van der Waals surface area contributed by atoms with Crippen LogP contribution in [0.15, 0.2) is 186 Å². The SMILES string of the molecule is Cc1ccccc1-c1ccccc1Nc1ccc(N(c2ccc(-c3cccc4c3oc3ccccc34)cc2)c2ccc3c(c2)C(C)(C)c2ccccc2-3)cc1. The van der Waals surface area contributed by atoms with E-state index in [1.54, 1.807) is 0 Å². The van der Waals surface area contributed by atoms with Crippen LogP contribution >= 0.6 is 0 Å². The Balaban J connectivity index is 1.05. The van der Waals surface area contributed by atoms with Gasteiger partial charge in [0.05, 0.1) is 0 Å². The van der Waals surface area contributed by atoms with Crippen molar-refractivity contribution in [3.63, 3.8) is 0 Å². The van der Waals surface area contributed by atoms with Crippen LogP contribution in [0.1, 0.15) is 30.5 Å². The van der Waals surface area contributed by atoms with E-state index in [1.165, 1.54) is 38.9 Å². The Hall–Kier alpha value is -6.84. The van der Waals surface area contributed by atoms with E-state index in [4.69, 9.17) is 4.42 Å². The monoisotopic (exact) mass is 708 g/mol. The Morgan fingerprint density at radius 1 is 0.473 bits per heavy atom. The van der Waals surface area contributed by atoms with Gasteiger partial charge in [-0.1, -0.05) is 135 Å². The van der Waals surface area contributed by atoms with Gasteiger partial charge in [-0.15, -0.1) is 0 Å². The summed E-state index contributed by atoms with van der Waals surface area (Å²) in [5.74, 6) is 0. The second kappa shape index (κ2) is 12.9. The van der Waals surface area contributed by atoms with E-state index in [1.807, 2.05) is 12.1 Å². The molecule has 0 radical (unpaired) electrons. The van der Waals surface area contributed by atoms with Crippen LogP contribution in [0.4, 0.5) is 28.4 Å². The topological polar surface area (TPSA) is 28.4 Å². The maximum atomic E-state index is 6.42. The van der Waals surface area contributed by atoms with E-state index in [0.717, 1.165) is 61.5 Å². The number of nitrogens with zero attached hydrogens (tertiary/aromatic N) is 1. The van der Waals surface area contributed by atoms with Gasteiger partial charge in [0.25, 0.3) is 0 Å². The molecule has 0 saturated carbocycles. The van der Waals surface area contributed by atoms with E-state index < -0.39 is 0 Å². The molecule has 0 saturated heterocycles. The normalized spacial score (nSPS) is 12.8. The average Bonchev–Trinajstić information content (AvgIpc) is 3.71. The highest BCUT2D eigenvalue weighted by molar-refractivity contribution is 6.09. The number of rotatable bonds is 7. The molecule has 1 heterocycles. The number of aryl methyl sites for hydroxylation is 1. The Morgan fingerprint density at radius 3 is 1.87 bits per heavy atom. The molecule has 0 aliphatic heterocycles. The maximum absolute atomic E-state index is 6.42. The molecule has 1 N–H and O–H groups in total. The van der Waals surface area contributed by atoms with Crippen LogP contribution in [-0.2, 0) is 5.41 Å². The fourth-order valence-corrected chi connectivity index (χ4v) is 8.59. The lowest BCUT2D eigenvalue weighted by molar-refractivity contribution is 0.660. The zero-order valence-corrected chi connectivity index (χ0v) is 31.2. The second-order valence-corrected chi connectivity index (χ2v) is 15.1. The fraction of sp³-hybridized carbons (Fsp3) is 0.0769. The molecular weight excluding hydrogens is 669 g/mol. The zero-order valence-electron chi connectivity index (χ0n) is 31.2. The summed E-state index contributed by atoms with van der Waals surface area (Å²) in [5, 5.41) is 6.00. The third-order valence-corrected chi connectivity index (χ3v) is 11.4. The van der Waals surface area contributed by atoms with Crippen LogP contribution < -0.4 is 10.2 Å². The lowest BCUT2D eigenvalue weighted by atomic mass is 9.82. The largest absolute Gasteiger partial charge is 0.455 e. The number of fused-ring (bicyclic) bond motifs is 6. The number of nitrogens with one attached hydrogen (secondary N) is 1. The number of para-hydroxylation sites is 3. The molecule has 1 aliphatic carbocycles. The quantitative estimate of drug-likeness (QED) is 0.179. The van der Waals surface area contributed by atoms with E-state index in [0.29, 0.717) is 0 Å². The standard InChI is InChI=1S/C52H40N2O/c1-34-13-4-5-14-40(34)44-16-7-10-21-49(44)53-36-25-29-38(30-26-36)54(39-31-32-43-42-15-6-9-20-47(42)52(2,3)48(43)33-39)37-27-23-35(24-28-37)41-18-12-19-46-45-17-8-11-22-50(45)55-51(41)46/h4-33,53H,1-3H3. The van der Waals surface area contributed by atoms with Gasteiger partial charge < -0.3 is 14.6 Å². The minimum atomic E-state index is -0.110. The van der Waals surface area contributed by atoms with Crippen LogP contribution in [0, 0.1) is 6.92 Å². The summed E-state index contributed by atoms with van der Waals surface area (Å²) in [6.07, 6.45) is 0. The first-order valence-corrected chi connectivity index (χ1v) is 19.0. The predicted octanol–water partition coefficient (Wildman–Crippen LogP) is 14.7. The van der Waals surface area contributed by atoms with Crippen molar-refractivity contribution in [1.82, 2.24) is 0 Å². The van der Waals surface area contributed by atoms with Crippen molar-refractivity contribution >= 4 is 50.4 Å². The highest BCUT2D eigenvalue weighted by atomic mass is 16.3. The van der Waals surface area contributed by atoms with Gasteiger partial charge in [0, 0.05) is 55.8 Å². The van der Waals surface area contributed by atoms with Crippen molar-refractivity contribution < 1.29 is 4.42 Å². The molecule has 0 unspecified atom stereocenters. The van der Waals surface area contributed by atoms with Gasteiger partial charge in [-0.3, -0.25) is 0 Å². The van der Waals surface area contributed by atoms with Crippen LogP contribution in [0.2, 0.25) is 0 Å². The Kier molecular flexibility index (Phi) is 7.71. The molecule has 0 spiro atoms. The molecule has 10 rings (SSSR count). The smallest absolute Gasteiger partial charge is 0.143 e. The highest BCUT2D eigenvalue weighted by Crippen LogP contribution is 2.51. The third kappa shape index (κ3) is 5.51. The number of furan rings is 1. The number of benzene rings is 8. The van der Waals surface area contributed by atoms with E-state index in [2.05, 4.69) is 201 Å². The van der Waals surface area contributed by atoms with E-state index in [-0.39, 0.29) is 5.41 Å². The first-order chi connectivity index (χ1) is 26.9. The van der Waals surface area contributed by atoms with Gasteiger partial charge >= 0.3 is 0 Å². The van der Waals surface area contributed by atoms with Crippen LogP contribution in [0.3, 0.4) is 0 Å². The summed E-state index contributed by atoms with van der Waals surface area (Å²) in [6.45, 7) is 6.85. The lowest BCUT2D eigenvalue weighted by Gasteiger charge is -2.28. The van der Waals surface area contributed by atoms with Crippen molar-refractivity contribution in [3.8, 4) is 33.4 Å². The number of anilines is 5. The van der Waals surface area contributed by atoms with Crippen LogP contribution in [0.25, 0.3) is 55.3 Å². The van der Waals surface area contributed by atoms with Crippen LogP contribution in [-0.4, -0.2) is 0 Å². The fourth-order valence-electron chi connectivity index (χ4n) is 8.59. The van der Waals surface area contributed by atoms with Crippen molar-refractivity contribution in [3.05, 3.63) is 199 Å². The molecule has 8 aromatic carbocycles. The summed E-state index contributed by atoms with van der Waals surface area (Å²) in [5.41, 5.74) is 18.3. The van der Waals surface area contributed by atoms with Crippen molar-refractivity contribution in [2.75, 3.05) is 10.2 Å². The lowest BCUT2D eigenvalue weighted by Crippen LogP contribution is -2.16. The molecule has 9 aromatic rings.